The van der Waals surface area contributed by atoms with E-state index in [1.54, 1.807) is 43.5 Å². The molecule has 2 amide bonds. The molecule has 4 rings (SSSR count). The van der Waals surface area contributed by atoms with Gasteiger partial charge < -0.3 is 10.2 Å². The summed E-state index contributed by atoms with van der Waals surface area (Å²) in [6.07, 6.45) is 3.42. The summed E-state index contributed by atoms with van der Waals surface area (Å²) in [5.41, 5.74) is 4.53. The van der Waals surface area contributed by atoms with E-state index in [0.717, 1.165) is 27.7 Å². The highest BCUT2D eigenvalue weighted by Gasteiger charge is 2.18. The Morgan fingerprint density at radius 2 is 1.68 bits per heavy atom. The molecule has 154 valence electrons. The van der Waals surface area contributed by atoms with Gasteiger partial charge in [0.25, 0.3) is 11.8 Å². The molecule has 0 unspecified atom stereocenters. The molecule has 4 aromatic rings. The lowest BCUT2D eigenvalue weighted by Gasteiger charge is -2.19. The number of carbonyl (C=O) groups excluding carboxylic acids is 2. The third-order valence-electron chi connectivity index (χ3n) is 5.13. The first-order valence-corrected chi connectivity index (χ1v) is 9.93. The molecule has 2 aromatic heterocycles. The summed E-state index contributed by atoms with van der Waals surface area (Å²) in [6, 6.07) is 20.5. The van der Waals surface area contributed by atoms with Crippen molar-refractivity contribution in [1.82, 2.24) is 20.2 Å². The van der Waals surface area contributed by atoms with Crippen LogP contribution in [0.15, 0.2) is 79.1 Å². The lowest BCUT2D eigenvalue weighted by atomic mass is 10.0. The fraction of sp³-hybridized carbons (Fsp3) is 0.120. The van der Waals surface area contributed by atoms with Crippen LogP contribution in [-0.2, 0) is 6.54 Å². The van der Waals surface area contributed by atoms with Gasteiger partial charge in [0.2, 0.25) is 0 Å². The van der Waals surface area contributed by atoms with Gasteiger partial charge >= 0.3 is 0 Å². The molecule has 0 fully saturated rings. The van der Waals surface area contributed by atoms with Gasteiger partial charge in [0.05, 0.1) is 16.8 Å². The van der Waals surface area contributed by atoms with Crippen molar-refractivity contribution in [3.63, 3.8) is 0 Å². The number of hydrogen-bond acceptors (Lipinski definition) is 4. The van der Waals surface area contributed by atoms with Crippen LogP contribution in [0.2, 0.25) is 0 Å². The molecule has 0 radical (unpaired) electrons. The van der Waals surface area contributed by atoms with Crippen molar-refractivity contribution < 1.29 is 9.59 Å². The van der Waals surface area contributed by atoms with Crippen molar-refractivity contribution in [2.45, 2.75) is 6.54 Å². The van der Waals surface area contributed by atoms with Gasteiger partial charge in [0.1, 0.15) is 0 Å². The Hall–Kier alpha value is -4.06. The van der Waals surface area contributed by atoms with Crippen molar-refractivity contribution in [3.8, 4) is 11.3 Å². The number of fused-ring (bicyclic) bond motifs is 1. The summed E-state index contributed by atoms with van der Waals surface area (Å²) in [6.45, 7) is 0.425. The first-order valence-electron chi connectivity index (χ1n) is 9.93. The number of aromatic nitrogens is 2. The quantitative estimate of drug-likeness (QED) is 0.541. The molecule has 0 aliphatic rings. The molecule has 1 N–H and O–H groups in total. The number of nitrogens with zero attached hydrogens (tertiary/aromatic N) is 3. The van der Waals surface area contributed by atoms with Crippen LogP contribution in [0.3, 0.4) is 0 Å². The van der Waals surface area contributed by atoms with E-state index >= 15 is 0 Å². The molecule has 2 heterocycles. The number of benzene rings is 2. The molecule has 6 heteroatoms. The second-order valence-corrected chi connectivity index (χ2v) is 7.25. The van der Waals surface area contributed by atoms with Crippen LogP contribution in [0.1, 0.15) is 26.3 Å². The van der Waals surface area contributed by atoms with Gasteiger partial charge in [-0.2, -0.15) is 0 Å². The summed E-state index contributed by atoms with van der Waals surface area (Å²) in [4.78, 5) is 35.6. The van der Waals surface area contributed by atoms with Crippen LogP contribution < -0.4 is 5.32 Å². The van der Waals surface area contributed by atoms with Gasteiger partial charge in [-0.15, -0.1) is 0 Å². The van der Waals surface area contributed by atoms with Crippen LogP contribution in [0.25, 0.3) is 22.2 Å². The summed E-state index contributed by atoms with van der Waals surface area (Å²) < 4.78 is 0. The topological polar surface area (TPSA) is 75.2 Å². The minimum absolute atomic E-state index is 0.0933. The maximum absolute atomic E-state index is 13.4. The fourth-order valence-electron chi connectivity index (χ4n) is 3.48. The number of pyridine rings is 2. The first kappa shape index (κ1) is 20.2. The standard InChI is InChI=1S/C25H22N4O2/c1-26-24(30)19-9-7-17(8-10-19)16-29(2)25(31)21-15-23(18-11-13-27-14-12-18)28-22-6-4-3-5-20(21)22/h3-15H,16H2,1-2H3,(H,26,30). The predicted octanol–water partition coefficient (Wildman–Crippen LogP) is 3.93. The fourth-order valence-corrected chi connectivity index (χ4v) is 3.48. The van der Waals surface area contributed by atoms with Gasteiger partial charge in [0, 0.05) is 49.5 Å². The lowest BCUT2D eigenvalue weighted by Crippen LogP contribution is -2.26. The average Bonchev–Trinajstić information content (AvgIpc) is 2.83. The zero-order valence-corrected chi connectivity index (χ0v) is 17.4. The Bertz CT molecular complexity index is 1240. The number of rotatable bonds is 5. The summed E-state index contributed by atoms with van der Waals surface area (Å²) in [7, 11) is 3.37. The lowest BCUT2D eigenvalue weighted by molar-refractivity contribution is 0.0786. The second kappa shape index (κ2) is 8.75. The highest BCUT2D eigenvalue weighted by Crippen LogP contribution is 2.25. The average molecular weight is 410 g/mol. The van der Waals surface area contributed by atoms with Gasteiger partial charge in [0.15, 0.2) is 0 Å². The van der Waals surface area contributed by atoms with Crippen LogP contribution in [0.5, 0.6) is 0 Å². The molecule has 0 atom stereocenters. The van der Waals surface area contributed by atoms with Crippen molar-refractivity contribution in [2.75, 3.05) is 14.1 Å². The van der Waals surface area contributed by atoms with Gasteiger partial charge in [-0.1, -0.05) is 30.3 Å². The van der Waals surface area contributed by atoms with E-state index < -0.39 is 0 Å². The largest absolute Gasteiger partial charge is 0.355 e. The van der Waals surface area contributed by atoms with E-state index in [4.69, 9.17) is 4.98 Å². The Labute approximate surface area is 180 Å². The summed E-state index contributed by atoms with van der Waals surface area (Å²) in [5, 5.41) is 3.42. The maximum Gasteiger partial charge on any atom is 0.254 e. The molecule has 0 spiro atoms. The normalized spacial score (nSPS) is 10.6. The van der Waals surface area contributed by atoms with Gasteiger partial charge in [-0.3, -0.25) is 14.6 Å². The number of nitrogens with one attached hydrogen (secondary N) is 1. The third-order valence-corrected chi connectivity index (χ3v) is 5.13. The van der Waals surface area contributed by atoms with E-state index in [1.807, 2.05) is 54.6 Å². The van der Waals surface area contributed by atoms with Crippen LogP contribution >= 0.6 is 0 Å². The van der Waals surface area contributed by atoms with Crippen LogP contribution in [-0.4, -0.2) is 40.8 Å². The predicted molar refractivity (Wildman–Crippen MR) is 121 cm³/mol. The smallest absolute Gasteiger partial charge is 0.254 e. The van der Waals surface area contributed by atoms with Crippen molar-refractivity contribution in [2.24, 2.45) is 0 Å². The molecule has 31 heavy (non-hydrogen) atoms. The van der Waals surface area contributed by atoms with E-state index in [1.165, 1.54) is 0 Å². The van der Waals surface area contributed by atoms with Crippen molar-refractivity contribution in [1.29, 1.82) is 0 Å². The summed E-state index contributed by atoms with van der Waals surface area (Å²) >= 11 is 0. The molecule has 0 saturated carbocycles. The van der Waals surface area contributed by atoms with Gasteiger partial charge in [-0.05, 0) is 42.0 Å². The van der Waals surface area contributed by atoms with E-state index in [2.05, 4.69) is 10.3 Å². The van der Waals surface area contributed by atoms with Crippen molar-refractivity contribution in [3.05, 3.63) is 95.8 Å². The molecule has 6 nitrogen and oxygen atoms in total. The molecule has 0 aliphatic heterocycles. The molecule has 0 aliphatic carbocycles. The third kappa shape index (κ3) is 4.28. The maximum atomic E-state index is 13.4. The second-order valence-electron chi connectivity index (χ2n) is 7.25. The zero-order chi connectivity index (χ0) is 21.8. The number of amides is 2. The molecule has 0 bridgehead atoms. The number of carbonyl (C=O) groups is 2. The number of para-hydroxylation sites is 1. The minimum Gasteiger partial charge on any atom is -0.355 e. The molecule has 0 saturated heterocycles. The van der Waals surface area contributed by atoms with E-state index in [9.17, 15) is 9.59 Å². The highest BCUT2D eigenvalue weighted by molar-refractivity contribution is 6.07. The van der Waals surface area contributed by atoms with Gasteiger partial charge in [-0.25, -0.2) is 4.98 Å². The molecular formula is C25H22N4O2. The SMILES string of the molecule is CNC(=O)c1ccc(CN(C)C(=O)c2cc(-c3ccncc3)nc3ccccc23)cc1. The Kier molecular flexibility index (Phi) is 5.71. The highest BCUT2D eigenvalue weighted by atomic mass is 16.2. The number of hydrogen-bond donors (Lipinski definition) is 1. The molecular weight excluding hydrogens is 388 g/mol. The zero-order valence-electron chi connectivity index (χ0n) is 17.4. The Morgan fingerprint density at radius 1 is 0.968 bits per heavy atom. The monoisotopic (exact) mass is 410 g/mol. The Balaban J connectivity index is 1.65. The van der Waals surface area contributed by atoms with E-state index in [0.29, 0.717) is 17.7 Å². The van der Waals surface area contributed by atoms with E-state index in [-0.39, 0.29) is 11.8 Å². The minimum atomic E-state index is -0.136. The van der Waals surface area contributed by atoms with Crippen LogP contribution in [0, 0.1) is 0 Å². The Morgan fingerprint density at radius 3 is 2.39 bits per heavy atom. The summed E-state index contributed by atoms with van der Waals surface area (Å²) in [5.74, 6) is -0.229. The van der Waals surface area contributed by atoms with Crippen molar-refractivity contribution >= 4 is 22.7 Å². The van der Waals surface area contributed by atoms with Crippen LogP contribution in [0.4, 0.5) is 0 Å². The molecule has 2 aromatic carbocycles. The first-order chi connectivity index (χ1) is 15.1.